The summed E-state index contributed by atoms with van der Waals surface area (Å²) in [4.78, 5) is 6.36. The molecule has 1 aliphatic carbocycles. The molecule has 0 bridgehead atoms. The Balaban J connectivity index is 1.88. The average Bonchev–Trinajstić information content (AvgIpc) is 3.00. The molecule has 0 amide bonds. The fourth-order valence-corrected chi connectivity index (χ4v) is 3.93. The second-order valence-corrected chi connectivity index (χ2v) is 7.03. The van der Waals surface area contributed by atoms with Crippen LogP contribution in [0.3, 0.4) is 0 Å². The minimum absolute atomic E-state index is 0.0845. The highest BCUT2D eigenvalue weighted by atomic mass is 19.1. The maximum atomic E-state index is 14.5. The van der Waals surface area contributed by atoms with Crippen LogP contribution < -0.4 is 10.6 Å². The number of nitrogen functional groups attached to an aromatic ring is 1. The third kappa shape index (κ3) is 2.89. The van der Waals surface area contributed by atoms with Gasteiger partial charge in [-0.3, -0.25) is 0 Å². The Kier molecular flexibility index (Phi) is 3.96. The van der Waals surface area contributed by atoms with Gasteiger partial charge >= 0.3 is 0 Å². The lowest BCUT2D eigenvalue weighted by atomic mass is 9.82. The van der Waals surface area contributed by atoms with Crippen LogP contribution in [0.25, 0.3) is 10.8 Å². The number of hydrogen-bond donors (Lipinski definition) is 2. The molecule has 2 unspecified atom stereocenters. The van der Waals surface area contributed by atoms with E-state index < -0.39 is 0 Å². The van der Waals surface area contributed by atoms with Gasteiger partial charge in [0.2, 0.25) is 0 Å². The first-order chi connectivity index (χ1) is 12.0. The van der Waals surface area contributed by atoms with E-state index in [0.29, 0.717) is 12.4 Å². The van der Waals surface area contributed by atoms with Gasteiger partial charge < -0.3 is 15.7 Å². The van der Waals surface area contributed by atoms with E-state index in [1.54, 1.807) is 12.3 Å². The molecule has 1 fully saturated rings. The van der Waals surface area contributed by atoms with Gasteiger partial charge in [0, 0.05) is 41.7 Å². The standard InChI is InChI=1S/C20H22FN3O/c1-12-3-2-4-17(21)20(12)13-7-14-10-23-19(22)9-16(14)18(8-13)24-6-5-15(25)11-24/h2-4,7-10,12,15,20,25H,5-6,11H2,1H3,(H2,22,23)/t12?,15-,20?/m0/s1. The lowest BCUT2D eigenvalue weighted by molar-refractivity contribution is 0.198. The van der Waals surface area contributed by atoms with Crippen LogP contribution in [0.4, 0.5) is 15.9 Å². The Morgan fingerprint density at radius 1 is 1.32 bits per heavy atom. The molecular formula is C20H22FN3O. The van der Waals surface area contributed by atoms with Gasteiger partial charge in [-0.05, 0) is 42.2 Å². The fraction of sp³-hybridized carbons (Fsp3) is 0.350. The summed E-state index contributed by atoms with van der Waals surface area (Å²) >= 11 is 0. The minimum atomic E-state index is -0.328. The number of halogens is 1. The van der Waals surface area contributed by atoms with Crippen molar-refractivity contribution in [1.82, 2.24) is 4.98 Å². The molecule has 130 valence electrons. The molecule has 4 nitrogen and oxygen atoms in total. The number of nitrogens with zero attached hydrogens (tertiary/aromatic N) is 2. The van der Waals surface area contributed by atoms with E-state index in [2.05, 4.69) is 9.88 Å². The number of pyridine rings is 1. The largest absolute Gasteiger partial charge is 0.391 e. The molecule has 4 rings (SSSR count). The molecule has 0 radical (unpaired) electrons. The minimum Gasteiger partial charge on any atom is -0.391 e. The van der Waals surface area contributed by atoms with Crippen molar-refractivity contribution in [2.75, 3.05) is 23.7 Å². The van der Waals surface area contributed by atoms with Gasteiger partial charge in [0.25, 0.3) is 0 Å². The molecule has 2 aromatic rings. The number of rotatable bonds is 2. The van der Waals surface area contributed by atoms with Gasteiger partial charge in [-0.2, -0.15) is 0 Å². The van der Waals surface area contributed by atoms with E-state index in [4.69, 9.17) is 5.73 Å². The second-order valence-electron chi connectivity index (χ2n) is 7.03. The zero-order valence-corrected chi connectivity index (χ0v) is 14.2. The predicted molar refractivity (Wildman–Crippen MR) is 99.2 cm³/mol. The summed E-state index contributed by atoms with van der Waals surface area (Å²) in [5.41, 5.74) is 7.81. The fourth-order valence-electron chi connectivity index (χ4n) is 3.93. The molecule has 0 spiro atoms. The number of β-amino-alcohol motifs (C(OH)–C–C–N with tert-alkyl or cyclic N) is 1. The molecule has 5 heteroatoms. The van der Waals surface area contributed by atoms with Crippen molar-refractivity contribution in [2.45, 2.75) is 25.4 Å². The van der Waals surface area contributed by atoms with Crippen molar-refractivity contribution in [2.24, 2.45) is 5.92 Å². The summed E-state index contributed by atoms with van der Waals surface area (Å²) in [5, 5.41) is 11.9. The van der Waals surface area contributed by atoms with Crippen LogP contribution in [0.5, 0.6) is 0 Å². The van der Waals surface area contributed by atoms with Crippen molar-refractivity contribution < 1.29 is 9.50 Å². The monoisotopic (exact) mass is 339 g/mol. The molecule has 3 N–H and O–H groups in total. The Morgan fingerprint density at radius 3 is 2.88 bits per heavy atom. The highest BCUT2D eigenvalue weighted by Gasteiger charge is 2.27. The molecule has 1 aromatic carbocycles. The van der Waals surface area contributed by atoms with Crippen LogP contribution in [-0.4, -0.2) is 29.3 Å². The van der Waals surface area contributed by atoms with Crippen LogP contribution in [0.2, 0.25) is 0 Å². The number of anilines is 2. The predicted octanol–water partition coefficient (Wildman–Crippen LogP) is 3.53. The van der Waals surface area contributed by atoms with Gasteiger partial charge in [-0.15, -0.1) is 0 Å². The quantitative estimate of drug-likeness (QED) is 0.879. The Morgan fingerprint density at radius 2 is 2.16 bits per heavy atom. The Labute approximate surface area is 146 Å². The summed E-state index contributed by atoms with van der Waals surface area (Å²) < 4.78 is 14.5. The molecule has 1 aliphatic heterocycles. The van der Waals surface area contributed by atoms with Crippen LogP contribution in [0.15, 0.2) is 48.5 Å². The number of nitrogens with two attached hydrogens (primary N) is 1. The van der Waals surface area contributed by atoms with Crippen LogP contribution in [0.1, 0.15) is 24.8 Å². The van der Waals surface area contributed by atoms with Gasteiger partial charge in [0.15, 0.2) is 0 Å². The third-order valence-electron chi connectivity index (χ3n) is 5.21. The maximum Gasteiger partial charge on any atom is 0.123 e. The first kappa shape index (κ1) is 16.1. The summed E-state index contributed by atoms with van der Waals surface area (Å²) in [6.45, 7) is 3.39. The highest BCUT2D eigenvalue weighted by molar-refractivity contribution is 5.96. The van der Waals surface area contributed by atoms with Gasteiger partial charge in [-0.25, -0.2) is 9.37 Å². The SMILES string of the molecule is CC1C=CC=C(F)C1c1cc(N2CC[C@H](O)C2)c2cc(N)ncc2c1. The highest BCUT2D eigenvalue weighted by Crippen LogP contribution is 2.41. The summed E-state index contributed by atoms with van der Waals surface area (Å²) in [7, 11) is 0. The molecular weight excluding hydrogens is 317 g/mol. The van der Waals surface area contributed by atoms with Crippen molar-refractivity contribution in [3.8, 4) is 0 Å². The summed E-state index contributed by atoms with van der Waals surface area (Å²) in [6.07, 6.45) is 7.50. The molecule has 0 saturated carbocycles. The van der Waals surface area contributed by atoms with Crippen molar-refractivity contribution in [3.63, 3.8) is 0 Å². The zero-order valence-electron chi connectivity index (χ0n) is 14.2. The van der Waals surface area contributed by atoms with Crippen molar-refractivity contribution in [3.05, 3.63) is 54.0 Å². The van der Waals surface area contributed by atoms with Crippen molar-refractivity contribution in [1.29, 1.82) is 0 Å². The molecule has 3 atom stereocenters. The average molecular weight is 339 g/mol. The van der Waals surface area contributed by atoms with E-state index in [1.165, 1.54) is 6.08 Å². The number of hydrogen-bond acceptors (Lipinski definition) is 4. The van der Waals surface area contributed by atoms with E-state index >= 15 is 0 Å². The van der Waals surface area contributed by atoms with E-state index in [0.717, 1.165) is 35.0 Å². The molecule has 1 saturated heterocycles. The van der Waals surface area contributed by atoms with E-state index in [9.17, 15) is 9.50 Å². The molecule has 25 heavy (non-hydrogen) atoms. The van der Waals surface area contributed by atoms with E-state index in [-0.39, 0.29) is 23.8 Å². The Bertz CT molecular complexity index is 877. The Hall–Kier alpha value is -2.40. The molecule has 2 heterocycles. The number of allylic oxidation sites excluding steroid dienone is 4. The topological polar surface area (TPSA) is 62.4 Å². The molecule has 2 aliphatic rings. The first-order valence-corrected chi connectivity index (χ1v) is 8.69. The maximum absolute atomic E-state index is 14.5. The second kappa shape index (κ2) is 6.15. The number of aliphatic hydroxyl groups is 1. The van der Waals surface area contributed by atoms with E-state index in [1.807, 2.05) is 31.2 Å². The van der Waals surface area contributed by atoms with Crippen molar-refractivity contribution >= 4 is 22.3 Å². The lowest BCUT2D eigenvalue weighted by Gasteiger charge is -2.27. The van der Waals surface area contributed by atoms with Gasteiger partial charge in [0.1, 0.15) is 11.6 Å². The number of aromatic nitrogens is 1. The molecule has 1 aromatic heterocycles. The smallest absolute Gasteiger partial charge is 0.123 e. The van der Waals surface area contributed by atoms with Crippen LogP contribution >= 0.6 is 0 Å². The first-order valence-electron chi connectivity index (χ1n) is 8.69. The van der Waals surface area contributed by atoms with Gasteiger partial charge in [-0.1, -0.05) is 19.1 Å². The number of aliphatic hydroxyl groups excluding tert-OH is 1. The summed E-state index contributed by atoms with van der Waals surface area (Å²) in [6, 6.07) is 5.91. The normalized spacial score (nSPS) is 26.3. The lowest BCUT2D eigenvalue weighted by Crippen LogP contribution is -2.22. The number of benzene rings is 1. The zero-order chi connectivity index (χ0) is 17.6. The summed E-state index contributed by atoms with van der Waals surface area (Å²) in [5.74, 6) is 0.130. The number of fused-ring (bicyclic) bond motifs is 1. The van der Waals surface area contributed by atoms with Crippen LogP contribution in [-0.2, 0) is 0 Å². The van der Waals surface area contributed by atoms with Gasteiger partial charge in [0.05, 0.1) is 6.10 Å². The third-order valence-corrected chi connectivity index (χ3v) is 5.21. The van der Waals surface area contributed by atoms with Crippen LogP contribution in [0, 0.1) is 5.92 Å².